The third kappa shape index (κ3) is 2.42. The van der Waals surface area contributed by atoms with Crippen molar-refractivity contribution in [2.24, 2.45) is 17.3 Å². The van der Waals surface area contributed by atoms with Crippen LogP contribution < -0.4 is 0 Å². The lowest BCUT2D eigenvalue weighted by molar-refractivity contribution is 0.170. The summed E-state index contributed by atoms with van der Waals surface area (Å²) in [6, 6.07) is 0. The van der Waals surface area contributed by atoms with Crippen molar-refractivity contribution in [3.63, 3.8) is 0 Å². The fourth-order valence-corrected chi connectivity index (χ4v) is 2.79. The summed E-state index contributed by atoms with van der Waals surface area (Å²) in [5.41, 5.74) is 2.87. The number of allylic oxidation sites excluding steroid dienone is 3. The largest absolute Gasteiger partial charge is 0.103 e. The minimum Gasteiger partial charge on any atom is -0.103 e. The zero-order chi connectivity index (χ0) is 11.6. The molecule has 0 heteroatoms. The van der Waals surface area contributed by atoms with Crippen molar-refractivity contribution in [2.45, 2.75) is 40.0 Å². The second-order valence-corrected chi connectivity index (χ2v) is 5.43. The van der Waals surface area contributed by atoms with E-state index in [-0.39, 0.29) is 5.41 Å². The van der Waals surface area contributed by atoms with Gasteiger partial charge in [-0.25, -0.2) is 0 Å². The number of hydrogen-bond acceptors (Lipinski definition) is 0. The summed E-state index contributed by atoms with van der Waals surface area (Å²) >= 11 is 0. The van der Waals surface area contributed by atoms with E-state index in [1.54, 1.807) is 0 Å². The lowest BCUT2D eigenvalue weighted by atomic mass is 9.61. The summed E-state index contributed by atoms with van der Waals surface area (Å²) in [7, 11) is 0. The van der Waals surface area contributed by atoms with Gasteiger partial charge in [0.25, 0.3) is 0 Å². The van der Waals surface area contributed by atoms with Crippen LogP contribution >= 0.6 is 0 Å². The molecule has 0 radical (unpaired) electrons. The first-order valence-electron chi connectivity index (χ1n) is 5.85. The highest BCUT2D eigenvalue weighted by atomic mass is 14.4. The van der Waals surface area contributed by atoms with Gasteiger partial charge in [-0.3, -0.25) is 0 Å². The zero-order valence-corrected chi connectivity index (χ0v) is 10.5. The van der Waals surface area contributed by atoms with Crippen LogP contribution in [0.5, 0.6) is 0 Å². The molecule has 0 nitrogen and oxygen atoms in total. The summed E-state index contributed by atoms with van der Waals surface area (Å²) in [5.74, 6) is 1.25. The van der Waals surface area contributed by atoms with E-state index >= 15 is 0 Å². The Bertz CT molecular complexity index is 284. The molecule has 1 aliphatic rings. The number of rotatable bonds is 3. The molecule has 0 bridgehead atoms. The average molecular weight is 204 g/mol. The molecule has 0 N–H and O–H groups in total. The molecule has 0 aliphatic heterocycles. The van der Waals surface area contributed by atoms with Crippen LogP contribution in [-0.2, 0) is 0 Å². The Labute approximate surface area is 94.8 Å². The molecule has 0 heterocycles. The Morgan fingerprint density at radius 1 is 1.27 bits per heavy atom. The molecule has 84 valence electrons. The van der Waals surface area contributed by atoms with Gasteiger partial charge in [0.05, 0.1) is 0 Å². The molecule has 15 heavy (non-hydrogen) atoms. The van der Waals surface area contributed by atoms with E-state index in [0.29, 0.717) is 11.8 Å². The quantitative estimate of drug-likeness (QED) is 0.582. The van der Waals surface area contributed by atoms with Gasteiger partial charge in [0.1, 0.15) is 0 Å². The summed E-state index contributed by atoms with van der Waals surface area (Å²) in [6.07, 6.45) is 5.79. The maximum atomic E-state index is 4.14. The smallest absolute Gasteiger partial charge is 0.00836 e. The Balaban J connectivity index is 2.88. The van der Waals surface area contributed by atoms with E-state index in [1.165, 1.54) is 30.4 Å². The average Bonchev–Trinajstić information content (AvgIpc) is 2.17. The molecular formula is C15H24. The third-order valence-electron chi connectivity index (χ3n) is 4.11. The molecule has 0 aromatic carbocycles. The van der Waals surface area contributed by atoms with Crippen molar-refractivity contribution in [1.82, 2.24) is 0 Å². The normalized spacial score (nSPS) is 35.9. The second-order valence-electron chi connectivity index (χ2n) is 5.43. The van der Waals surface area contributed by atoms with Crippen LogP contribution in [-0.4, -0.2) is 0 Å². The Kier molecular flexibility index (Phi) is 3.59. The van der Waals surface area contributed by atoms with Crippen molar-refractivity contribution in [3.05, 3.63) is 37.0 Å². The predicted octanol–water partition coefficient (Wildman–Crippen LogP) is 4.75. The van der Waals surface area contributed by atoms with Crippen LogP contribution in [0.3, 0.4) is 0 Å². The maximum Gasteiger partial charge on any atom is -0.00836 e. The summed E-state index contributed by atoms with van der Waals surface area (Å²) < 4.78 is 0. The molecule has 0 aromatic heterocycles. The summed E-state index contributed by atoms with van der Waals surface area (Å²) in [6.45, 7) is 18.8. The Hall–Kier alpha value is -0.780. The van der Waals surface area contributed by atoms with Crippen molar-refractivity contribution in [2.75, 3.05) is 0 Å². The molecular weight excluding hydrogens is 180 g/mol. The molecule has 3 atom stereocenters. The van der Waals surface area contributed by atoms with Gasteiger partial charge in [-0.15, -0.1) is 6.58 Å². The van der Waals surface area contributed by atoms with Crippen LogP contribution in [0.2, 0.25) is 0 Å². The third-order valence-corrected chi connectivity index (χ3v) is 4.11. The van der Waals surface area contributed by atoms with E-state index < -0.39 is 0 Å². The molecule has 1 fully saturated rings. The Morgan fingerprint density at radius 2 is 1.87 bits per heavy atom. The van der Waals surface area contributed by atoms with E-state index in [2.05, 4.69) is 46.6 Å². The first-order valence-corrected chi connectivity index (χ1v) is 5.85. The first kappa shape index (κ1) is 12.3. The topological polar surface area (TPSA) is 0 Å². The molecule has 0 saturated heterocycles. The van der Waals surface area contributed by atoms with Gasteiger partial charge in [0.15, 0.2) is 0 Å². The molecule has 0 aromatic rings. The molecule has 1 rings (SSSR count). The van der Waals surface area contributed by atoms with Gasteiger partial charge in [-0.1, -0.05) is 37.3 Å². The summed E-state index contributed by atoms with van der Waals surface area (Å²) in [5, 5.41) is 0. The lowest BCUT2D eigenvalue weighted by Crippen LogP contribution is -2.33. The van der Waals surface area contributed by atoms with Crippen molar-refractivity contribution in [1.29, 1.82) is 0 Å². The van der Waals surface area contributed by atoms with Crippen molar-refractivity contribution >= 4 is 0 Å². The molecule has 0 amide bonds. The minimum absolute atomic E-state index is 0.248. The predicted molar refractivity (Wildman–Crippen MR) is 68.8 cm³/mol. The maximum absolute atomic E-state index is 4.14. The van der Waals surface area contributed by atoms with Crippen LogP contribution in [0.15, 0.2) is 37.0 Å². The van der Waals surface area contributed by atoms with Crippen molar-refractivity contribution in [3.8, 4) is 0 Å². The van der Waals surface area contributed by atoms with Crippen LogP contribution in [0.4, 0.5) is 0 Å². The van der Waals surface area contributed by atoms with E-state index in [1.807, 2.05) is 0 Å². The van der Waals surface area contributed by atoms with Crippen molar-refractivity contribution < 1.29 is 0 Å². The molecule has 1 saturated carbocycles. The number of hydrogen-bond donors (Lipinski definition) is 0. The molecule has 1 aliphatic carbocycles. The zero-order valence-electron chi connectivity index (χ0n) is 10.5. The van der Waals surface area contributed by atoms with Gasteiger partial charge in [0.2, 0.25) is 0 Å². The highest BCUT2D eigenvalue weighted by Gasteiger charge is 2.38. The van der Waals surface area contributed by atoms with Gasteiger partial charge in [-0.2, -0.15) is 0 Å². The molecule has 0 unspecified atom stereocenters. The van der Waals surface area contributed by atoms with E-state index in [4.69, 9.17) is 0 Å². The lowest BCUT2D eigenvalue weighted by Gasteiger charge is -2.43. The van der Waals surface area contributed by atoms with E-state index in [0.717, 1.165) is 0 Å². The Morgan fingerprint density at radius 3 is 2.27 bits per heavy atom. The first-order chi connectivity index (χ1) is 6.90. The highest BCUT2D eigenvalue weighted by molar-refractivity contribution is 5.15. The van der Waals surface area contributed by atoms with Gasteiger partial charge < -0.3 is 0 Å². The summed E-state index contributed by atoms with van der Waals surface area (Å²) in [4.78, 5) is 0. The van der Waals surface area contributed by atoms with Gasteiger partial charge in [-0.05, 0) is 50.4 Å². The second kappa shape index (κ2) is 4.38. The van der Waals surface area contributed by atoms with Crippen LogP contribution in [0.1, 0.15) is 40.0 Å². The van der Waals surface area contributed by atoms with E-state index in [9.17, 15) is 0 Å². The highest BCUT2D eigenvalue weighted by Crippen LogP contribution is 2.48. The van der Waals surface area contributed by atoms with Gasteiger partial charge >= 0.3 is 0 Å². The standard InChI is InChI=1S/C15H24/c1-7-15(6)9-8-13(11(2)3)10-14(15)12(4)5/h7,13-14H,1-2,4,8-10H2,3,5-6H3/t13-,14+,15-/m1/s1. The fourth-order valence-electron chi connectivity index (χ4n) is 2.79. The van der Waals surface area contributed by atoms with Gasteiger partial charge in [0, 0.05) is 0 Å². The minimum atomic E-state index is 0.248. The SMILES string of the molecule is C=C[C@]1(C)CC[C@@H](C(=C)C)C[C@H]1C(=C)C. The van der Waals surface area contributed by atoms with Crippen LogP contribution in [0, 0.1) is 17.3 Å². The fraction of sp³-hybridized carbons (Fsp3) is 0.600. The monoisotopic (exact) mass is 204 g/mol. The van der Waals surface area contributed by atoms with Crippen LogP contribution in [0.25, 0.3) is 0 Å². The molecule has 0 spiro atoms.